The Morgan fingerprint density at radius 2 is 1.73 bits per heavy atom. The molecule has 0 bridgehead atoms. The maximum atomic E-state index is 11.7. The third-order valence-electron chi connectivity index (χ3n) is 2.21. The molecule has 92 valence electrons. The quantitative estimate of drug-likeness (QED) is 0.665. The van der Waals surface area contributed by atoms with E-state index in [0.29, 0.717) is 13.1 Å². The minimum atomic E-state index is -3.39. The van der Waals surface area contributed by atoms with Crippen molar-refractivity contribution >= 4 is 10.2 Å². The summed E-state index contributed by atoms with van der Waals surface area (Å²) in [5.74, 6) is 0. The SMILES string of the molecule is CCN(CC)S(=O)(=O)NCC(C)(C)CO. The second-order valence-electron chi connectivity index (χ2n) is 4.23. The number of rotatable bonds is 7. The van der Waals surface area contributed by atoms with Crippen molar-refractivity contribution < 1.29 is 13.5 Å². The Labute approximate surface area is 92.7 Å². The lowest BCUT2D eigenvalue weighted by atomic mass is 9.96. The van der Waals surface area contributed by atoms with Gasteiger partial charge in [-0.15, -0.1) is 0 Å². The average molecular weight is 238 g/mol. The largest absolute Gasteiger partial charge is 0.396 e. The van der Waals surface area contributed by atoms with Crippen molar-refractivity contribution in [2.45, 2.75) is 27.7 Å². The number of aliphatic hydroxyl groups is 1. The van der Waals surface area contributed by atoms with E-state index in [1.54, 1.807) is 27.7 Å². The van der Waals surface area contributed by atoms with Gasteiger partial charge < -0.3 is 5.11 Å². The lowest BCUT2D eigenvalue weighted by molar-refractivity contribution is 0.162. The van der Waals surface area contributed by atoms with Crippen molar-refractivity contribution in [1.82, 2.24) is 9.03 Å². The minimum absolute atomic E-state index is 0.0478. The van der Waals surface area contributed by atoms with Crippen molar-refractivity contribution in [3.63, 3.8) is 0 Å². The maximum absolute atomic E-state index is 11.7. The van der Waals surface area contributed by atoms with Crippen LogP contribution in [0.1, 0.15) is 27.7 Å². The highest BCUT2D eigenvalue weighted by atomic mass is 32.2. The van der Waals surface area contributed by atoms with Gasteiger partial charge in [-0.2, -0.15) is 12.7 Å². The number of aliphatic hydroxyl groups excluding tert-OH is 1. The molecule has 0 aliphatic rings. The zero-order valence-corrected chi connectivity index (χ0v) is 10.8. The van der Waals surface area contributed by atoms with Crippen LogP contribution in [-0.2, 0) is 10.2 Å². The highest BCUT2D eigenvalue weighted by molar-refractivity contribution is 7.87. The van der Waals surface area contributed by atoms with Gasteiger partial charge in [-0.05, 0) is 0 Å². The fourth-order valence-electron chi connectivity index (χ4n) is 0.997. The maximum Gasteiger partial charge on any atom is 0.279 e. The molecular formula is C9H22N2O3S. The van der Waals surface area contributed by atoms with Crippen LogP contribution >= 0.6 is 0 Å². The van der Waals surface area contributed by atoms with E-state index in [4.69, 9.17) is 5.11 Å². The molecule has 0 aliphatic carbocycles. The first-order valence-electron chi connectivity index (χ1n) is 5.14. The summed E-state index contributed by atoms with van der Waals surface area (Å²) in [5, 5.41) is 9.00. The van der Waals surface area contributed by atoms with Crippen molar-refractivity contribution in [3.05, 3.63) is 0 Å². The van der Waals surface area contributed by atoms with E-state index in [1.807, 2.05) is 0 Å². The summed E-state index contributed by atoms with van der Waals surface area (Å²) >= 11 is 0. The van der Waals surface area contributed by atoms with E-state index in [9.17, 15) is 8.42 Å². The van der Waals surface area contributed by atoms with E-state index in [0.717, 1.165) is 0 Å². The molecule has 0 aliphatic heterocycles. The summed E-state index contributed by atoms with van der Waals surface area (Å²) in [6, 6.07) is 0. The van der Waals surface area contributed by atoms with Gasteiger partial charge in [0.15, 0.2) is 0 Å². The number of nitrogens with one attached hydrogen (secondary N) is 1. The number of hydrogen-bond acceptors (Lipinski definition) is 3. The van der Waals surface area contributed by atoms with Gasteiger partial charge in [-0.1, -0.05) is 27.7 Å². The van der Waals surface area contributed by atoms with Crippen LogP contribution in [0.2, 0.25) is 0 Å². The monoisotopic (exact) mass is 238 g/mol. The molecule has 15 heavy (non-hydrogen) atoms. The van der Waals surface area contributed by atoms with E-state index in [2.05, 4.69) is 4.72 Å². The fourth-order valence-corrected chi connectivity index (χ4v) is 2.43. The van der Waals surface area contributed by atoms with Crippen LogP contribution in [0.5, 0.6) is 0 Å². The summed E-state index contributed by atoms with van der Waals surface area (Å²) in [5.41, 5.74) is -0.430. The van der Waals surface area contributed by atoms with E-state index in [1.165, 1.54) is 4.31 Å². The van der Waals surface area contributed by atoms with Crippen LogP contribution in [0.3, 0.4) is 0 Å². The van der Waals surface area contributed by atoms with Gasteiger partial charge in [0.1, 0.15) is 0 Å². The molecule has 0 saturated carbocycles. The molecule has 2 N–H and O–H groups in total. The third kappa shape index (κ3) is 4.92. The smallest absolute Gasteiger partial charge is 0.279 e. The van der Waals surface area contributed by atoms with Gasteiger partial charge in [-0.3, -0.25) is 0 Å². The molecule has 0 heterocycles. The molecule has 0 rings (SSSR count). The topological polar surface area (TPSA) is 69.6 Å². The minimum Gasteiger partial charge on any atom is -0.396 e. The van der Waals surface area contributed by atoms with Crippen LogP contribution < -0.4 is 4.72 Å². The number of nitrogens with zero attached hydrogens (tertiary/aromatic N) is 1. The van der Waals surface area contributed by atoms with Crippen LogP contribution in [0, 0.1) is 5.41 Å². The first-order chi connectivity index (χ1) is 6.79. The van der Waals surface area contributed by atoms with E-state index in [-0.39, 0.29) is 13.2 Å². The fraction of sp³-hybridized carbons (Fsp3) is 1.00. The van der Waals surface area contributed by atoms with Gasteiger partial charge in [0, 0.05) is 31.7 Å². The lowest BCUT2D eigenvalue weighted by Crippen LogP contribution is -2.44. The highest BCUT2D eigenvalue weighted by Crippen LogP contribution is 2.12. The predicted octanol–water partition coefficient (Wildman–Crippen LogP) is 0.181. The molecule has 0 spiro atoms. The summed E-state index contributed by atoms with van der Waals surface area (Å²) in [7, 11) is -3.39. The molecule has 0 radical (unpaired) electrons. The van der Waals surface area contributed by atoms with Crippen molar-refractivity contribution in [3.8, 4) is 0 Å². The molecule has 0 aromatic heterocycles. The second kappa shape index (κ2) is 5.79. The molecular weight excluding hydrogens is 216 g/mol. The average Bonchev–Trinajstić information content (AvgIpc) is 2.17. The molecule has 0 aromatic carbocycles. The van der Waals surface area contributed by atoms with E-state index >= 15 is 0 Å². The Morgan fingerprint density at radius 3 is 2.07 bits per heavy atom. The van der Waals surface area contributed by atoms with Crippen LogP contribution in [0.25, 0.3) is 0 Å². The first kappa shape index (κ1) is 14.8. The molecule has 0 saturated heterocycles. The standard InChI is InChI=1S/C9H22N2O3S/c1-5-11(6-2)15(13,14)10-7-9(3,4)8-12/h10,12H,5-8H2,1-4H3. The van der Waals surface area contributed by atoms with Gasteiger partial charge in [0.2, 0.25) is 0 Å². The molecule has 0 aromatic rings. The molecule has 0 atom stereocenters. The van der Waals surface area contributed by atoms with Crippen molar-refractivity contribution in [2.75, 3.05) is 26.2 Å². The van der Waals surface area contributed by atoms with Crippen LogP contribution in [-0.4, -0.2) is 44.1 Å². The predicted molar refractivity (Wildman–Crippen MR) is 60.7 cm³/mol. The summed E-state index contributed by atoms with van der Waals surface area (Å²) in [4.78, 5) is 0. The van der Waals surface area contributed by atoms with E-state index < -0.39 is 15.6 Å². The Bertz CT molecular complexity index is 271. The summed E-state index contributed by atoms with van der Waals surface area (Å²) < 4.78 is 27.2. The Morgan fingerprint density at radius 1 is 1.27 bits per heavy atom. The van der Waals surface area contributed by atoms with Gasteiger partial charge in [0.05, 0.1) is 0 Å². The molecule has 5 nitrogen and oxygen atoms in total. The van der Waals surface area contributed by atoms with Crippen LogP contribution in [0.4, 0.5) is 0 Å². The number of hydrogen-bond donors (Lipinski definition) is 2. The molecule has 6 heteroatoms. The zero-order valence-electron chi connectivity index (χ0n) is 9.95. The second-order valence-corrected chi connectivity index (χ2v) is 5.99. The van der Waals surface area contributed by atoms with Gasteiger partial charge in [0.25, 0.3) is 10.2 Å². The molecule has 0 amide bonds. The first-order valence-corrected chi connectivity index (χ1v) is 6.58. The molecule has 0 unspecified atom stereocenters. The zero-order chi connectivity index (χ0) is 12.1. The molecule has 0 fully saturated rings. The highest BCUT2D eigenvalue weighted by Gasteiger charge is 2.23. The lowest BCUT2D eigenvalue weighted by Gasteiger charge is -2.25. The summed E-state index contributed by atoms with van der Waals surface area (Å²) in [6.07, 6.45) is 0. The Balaban J connectivity index is 4.40. The third-order valence-corrected chi connectivity index (χ3v) is 3.91. The summed E-state index contributed by atoms with van der Waals surface area (Å²) in [6.45, 7) is 8.28. The van der Waals surface area contributed by atoms with Crippen LogP contribution in [0.15, 0.2) is 0 Å². The Hall–Kier alpha value is -0.170. The van der Waals surface area contributed by atoms with Gasteiger partial charge in [-0.25, -0.2) is 4.72 Å². The van der Waals surface area contributed by atoms with Crippen molar-refractivity contribution in [1.29, 1.82) is 0 Å². The Kier molecular flexibility index (Phi) is 5.72. The normalized spacial score (nSPS) is 13.5. The van der Waals surface area contributed by atoms with Crippen molar-refractivity contribution in [2.24, 2.45) is 5.41 Å². The van der Waals surface area contributed by atoms with Gasteiger partial charge >= 0.3 is 0 Å².